The van der Waals surface area contributed by atoms with E-state index in [1.807, 2.05) is 18.7 Å². The van der Waals surface area contributed by atoms with Gasteiger partial charge in [0.2, 0.25) is 0 Å². The maximum atomic E-state index is 5.83. The summed E-state index contributed by atoms with van der Waals surface area (Å²) >= 11 is 0. The lowest BCUT2D eigenvalue weighted by Crippen LogP contribution is -2.43. The van der Waals surface area contributed by atoms with Crippen molar-refractivity contribution < 1.29 is 4.74 Å². The molecule has 0 spiro atoms. The molecule has 2 heterocycles. The van der Waals surface area contributed by atoms with Crippen LogP contribution in [0.25, 0.3) is 0 Å². The number of morpholine rings is 1. The molecule has 4 heteroatoms. The summed E-state index contributed by atoms with van der Waals surface area (Å²) < 4.78 is 7.91. The van der Waals surface area contributed by atoms with E-state index in [0.717, 1.165) is 32.8 Å². The maximum Gasteiger partial charge on any atom is 0.0946 e. The summed E-state index contributed by atoms with van der Waals surface area (Å²) in [6.45, 7) is 4.69. The number of aromatic nitrogens is 2. The molecular weight excluding hydrogens is 238 g/mol. The van der Waals surface area contributed by atoms with Crippen molar-refractivity contribution in [1.82, 2.24) is 14.5 Å². The van der Waals surface area contributed by atoms with Gasteiger partial charge < -0.3 is 9.30 Å². The minimum absolute atomic E-state index is 0.256. The predicted molar refractivity (Wildman–Crippen MR) is 73.7 cm³/mol. The SMILES string of the molecule is c1ccc(CN2CCO[C@H](Cn3ccnc3)C2)cc1. The van der Waals surface area contributed by atoms with Gasteiger partial charge in [-0.25, -0.2) is 4.98 Å². The average Bonchev–Trinajstić information content (AvgIpc) is 2.93. The highest BCUT2D eigenvalue weighted by Gasteiger charge is 2.20. The second kappa shape index (κ2) is 5.99. The molecular formula is C15H19N3O. The van der Waals surface area contributed by atoms with Crippen LogP contribution in [0.4, 0.5) is 0 Å². The highest BCUT2D eigenvalue weighted by molar-refractivity contribution is 5.14. The van der Waals surface area contributed by atoms with Crippen LogP contribution in [0.1, 0.15) is 5.56 Å². The molecule has 4 nitrogen and oxygen atoms in total. The van der Waals surface area contributed by atoms with Gasteiger partial charge >= 0.3 is 0 Å². The second-order valence-electron chi connectivity index (χ2n) is 4.97. The molecule has 0 amide bonds. The van der Waals surface area contributed by atoms with Crippen LogP contribution in [0.2, 0.25) is 0 Å². The number of imidazole rings is 1. The topological polar surface area (TPSA) is 30.3 Å². The highest BCUT2D eigenvalue weighted by Crippen LogP contribution is 2.11. The normalized spacial score (nSPS) is 20.5. The van der Waals surface area contributed by atoms with Crippen LogP contribution in [0.5, 0.6) is 0 Å². The number of ether oxygens (including phenoxy) is 1. The van der Waals surface area contributed by atoms with E-state index < -0.39 is 0 Å². The van der Waals surface area contributed by atoms with Crippen molar-refractivity contribution in [3.8, 4) is 0 Å². The van der Waals surface area contributed by atoms with Crippen molar-refractivity contribution in [3.63, 3.8) is 0 Å². The van der Waals surface area contributed by atoms with Crippen molar-refractivity contribution in [2.45, 2.75) is 19.2 Å². The smallest absolute Gasteiger partial charge is 0.0946 e. The van der Waals surface area contributed by atoms with E-state index in [-0.39, 0.29) is 6.10 Å². The lowest BCUT2D eigenvalue weighted by molar-refractivity contribution is -0.0387. The molecule has 0 N–H and O–H groups in total. The van der Waals surface area contributed by atoms with Gasteiger partial charge in [-0.1, -0.05) is 30.3 Å². The van der Waals surface area contributed by atoms with Crippen molar-refractivity contribution in [3.05, 3.63) is 54.6 Å². The molecule has 19 heavy (non-hydrogen) atoms. The van der Waals surface area contributed by atoms with Crippen LogP contribution in [-0.4, -0.2) is 40.3 Å². The molecule has 0 bridgehead atoms. The van der Waals surface area contributed by atoms with E-state index >= 15 is 0 Å². The minimum Gasteiger partial charge on any atom is -0.374 e. The molecule has 2 aromatic rings. The molecule has 1 aromatic heterocycles. The summed E-state index contributed by atoms with van der Waals surface area (Å²) in [5, 5.41) is 0. The summed E-state index contributed by atoms with van der Waals surface area (Å²) in [4.78, 5) is 6.53. The Bertz CT molecular complexity index is 483. The van der Waals surface area contributed by atoms with Gasteiger partial charge in [0.05, 0.1) is 25.6 Å². The standard InChI is InChI=1S/C15H19N3O/c1-2-4-14(5-3-1)10-17-8-9-19-15(11-17)12-18-7-6-16-13-18/h1-7,13,15H,8-12H2/t15-/m0/s1. The molecule has 1 aliphatic rings. The van der Waals surface area contributed by atoms with Gasteiger partial charge in [0.15, 0.2) is 0 Å². The Morgan fingerprint density at radius 2 is 2.16 bits per heavy atom. The van der Waals surface area contributed by atoms with Crippen LogP contribution in [0, 0.1) is 0 Å². The van der Waals surface area contributed by atoms with Crippen LogP contribution < -0.4 is 0 Å². The Balaban J connectivity index is 1.56. The monoisotopic (exact) mass is 257 g/mol. The first-order valence-electron chi connectivity index (χ1n) is 6.74. The lowest BCUT2D eigenvalue weighted by Gasteiger charge is -2.33. The van der Waals surface area contributed by atoms with Crippen molar-refractivity contribution in [2.24, 2.45) is 0 Å². The highest BCUT2D eigenvalue weighted by atomic mass is 16.5. The Morgan fingerprint density at radius 1 is 1.26 bits per heavy atom. The van der Waals surface area contributed by atoms with E-state index in [9.17, 15) is 0 Å². The number of benzene rings is 1. The fourth-order valence-corrected chi connectivity index (χ4v) is 2.51. The first kappa shape index (κ1) is 12.4. The molecule has 0 unspecified atom stereocenters. The van der Waals surface area contributed by atoms with Crippen LogP contribution >= 0.6 is 0 Å². The summed E-state index contributed by atoms with van der Waals surface area (Å²) in [6, 6.07) is 10.6. The zero-order valence-electron chi connectivity index (χ0n) is 11.0. The molecule has 0 radical (unpaired) electrons. The molecule has 1 saturated heterocycles. The molecule has 1 fully saturated rings. The maximum absolute atomic E-state index is 5.83. The molecule has 1 aliphatic heterocycles. The number of hydrogen-bond donors (Lipinski definition) is 0. The van der Waals surface area contributed by atoms with E-state index in [1.54, 1.807) is 0 Å². The average molecular weight is 257 g/mol. The van der Waals surface area contributed by atoms with Gasteiger partial charge in [0.25, 0.3) is 0 Å². The molecule has 0 saturated carbocycles. The number of hydrogen-bond acceptors (Lipinski definition) is 3. The Kier molecular flexibility index (Phi) is 3.91. The van der Waals surface area contributed by atoms with Gasteiger partial charge in [-0.3, -0.25) is 4.90 Å². The van der Waals surface area contributed by atoms with E-state index in [0.29, 0.717) is 0 Å². The summed E-state index contributed by atoms with van der Waals surface area (Å²) in [6.07, 6.45) is 5.90. The van der Waals surface area contributed by atoms with Gasteiger partial charge in [0, 0.05) is 32.0 Å². The predicted octanol–water partition coefficient (Wildman–Crippen LogP) is 1.78. The largest absolute Gasteiger partial charge is 0.374 e. The zero-order valence-corrected chi connectivity index (χ0v) is 11.0. The quantitative estimate of drug-likeness (QED) is 0.836. The van der Waals surface area contributed by atoms with Gasteiger partial charge in [-0.05, 0) is 5.56 Å². The van der Waals surface area contributed by atoms with Crippen LogP contribution in [0.15, 0.2) is 49.1 Å². The fourth-order valence-electron chi connectivity index (χ4n) is 2.51. The lowest BCUT2D eigenvalue weighted by atomic mass is 10.2. The fraction of sp³-hybridized carbons (Fsp3) is 0.400. The number of nitrogens with zero attached hydrogens (tertiary/aromatic N) is 3. The van der Waals surface area contributed by atoms with E-state index in [2.05, 4.69) is 44.8 Å². The molecule has 3 rings (SSSR count). The third-order valence-corrected chi connectivity index (χ3v) is 3.45. The minimum atomic E-state index is 0.256. The first-order valence-corrected chi connectivity index (χ1v) is 6.74. The third-order valence-electron chi connectivity index (χ3n) is 3.45. The van der Waals surface area contributed by atoms with Gasteiger partial charge in [0.1, 0.15) is 0 Å². The summed E-state index contributed by atoms with van der Waals surface area (Å²) in [7, 11) is 0. The van der Waals surface area contributed by atoms with E-state index in [4.69, 9.17) is 4.74 Å². The molecule has 1 atom stereocenters. The first-order chi connectivity index (χ1) is 9.40. The van der Waals surface area contributed by atoms with Gasteiger partial charge in [-0.15, -0.1) is 0 Å². The van der Waals surface area contributed by atoms with Crippen LogP contribution in [0.3, 0.4) is 0 Å². The van der Waals surface area contributed by atoms with Crippen molar-refractivity contribution >= 4 is 0 Å². The Morgan fingerprint density at radius 3 is 2.95 bits per heavy atom. The zero-order chi connectivity index (χ0) is 12.9. The van der Waals surface area contributed by atoms with E-state index in [1.165, 1.54) is 5.56 Å². The van der Waals surface area contributed by atoms with Crippen molar-refractivity contribution in [2.75, 3.05) is 19.7 Å². The molecule has 100 valence electrons. The summed E-state index contributed by atoms with van der Waals surface area (Å²) in [5.74, 6) is 0. The Hall–Kier alpha value is -1.65. The van der Waals surface area contributed by atoms with Crippen molar-refractivity contribution in [1.29, 1.82) is 0 Å². The van der Waals surface area contributed by atoms with Gasteiger partial charge in [-0.2, -0.15) is 0 Å². The Labute approximate surface area is 113 Å². The second-order valence-corrected chi connectivity index (χ2v) is 4.97. The third kappa shape index (κ3) is 3.43. The summed E-state index contributed by atoms with van der Waals surface area (Å²) in [5.41, 5.74) is 1.37. The molecule has 0 aliphatic carbocycles. The van der Waals surface area contributed by atoms with Crippen LogP contribution in [-0.2, 0) is 17.8 Å². The number of rotatable bonds is 4. The molecule has 1 aromatic carbocycles.